The molecule has 1 atom stereocenters. The van der Waals surface area contributed by atoms with E-state index in [1.54, 1.807) is 6.92 Å². The van der Waals surface area contributed by atoms with Crippen LogP contribution in [0.5, 0.6) is 0 Å². The summed E-state index contributed by atoms with van der Waals surface area (Å²) in [6.45, 7) is 4.03. The molecule has 0 spiro atoms. The Bertz CT molecular complexity index is 183. The van der Waals surface area contributed by atoms with Crippen molar-refractivity contribution in [3.8, 4) is 0 Å². The molecule has 0 amide bonds. The third kappa shape index (κ3) is 5.85. The SMILES string of the molecule is CCC(COC(F)(F)CC)OC(C)=O. The van der Waals surface area contributed by atoms with Gasteiger partial charge in [-0.2, -0.15) is 8.78 Å². The molecule has 0 saturated heterocycles. The molecule has 0 radical (unpaired) electrons. The van der Waals surface area contributed by atoms with Gasteiger partial charge in [0, 0.05) is 13.3 Å². The summed E-state index contributed by atoms with van der Waals surface area (Å²) in [5.41, 5.74) is 0. The van der Waals surface area contributed by atoms with Crippen molar-refractivity contribution >= 4 is 5.97 Å². The fraction of sp³-hybridized carbons (Fsp3) is 0.889. The monoisotopic (exact) mass is 210 g/mol. The van der Waals surface area contributed by atoms with Gasteiger partial charge in [-0.3, -0.25) is 4.79 Å². The Morgan fingerprint density at radius 3 is 2.36 bits per heavy atom. The molecule has 0 fully saturated rings. The van der Waals surface area contributed by atoms with Crippen molar-refractivity contribution in [3.63, 3.8) is 0 Å². The molecule has 0 saturated carbocycles. The van der Waals surface area contributed by atoms with Crippen molar-refractivity contribution in [2.24, 2.45) is 0 Å². The molecule has 0 rings (SSSR count). The van der Waals surface area contributed by atoms with Crippen LogP contribution in [0.3, 0.4) is 0 Å². The summed E-state index contributed by atoms with van der Waals surface area (Å²) in [7, 11) is 0. The van der Waals surface area contributed by atoms with Crippen LogP contribution in [0.2, 0.25) is 0 Å². The van der Waals surface area contributed by atoms with Gasteiger partial charge in [-0.1, -0.05) is 13.8 Å². The van der Waals surface area contributed by atoms with Gasteiger partial charge in [-0.05, 0) is 6.42 Å². The van der Waals surface area contributed by atoms with Gasteiger partial charge in [0.05, 0.1) is 6.61 Å². The first-order chi connectivity index (χ1) is 6.41. The van der Waals surface area contributed by atoms with Crippen LogP contribution in [0.1, 0.15) is 33.6 Å². The predicted molar refractivity (Wildman–Crippen MR) is 47.0 cm³/mol. The van der Waals surface area contributed by atoms with Crippen LogP contribution in [0.4, 0.5) is 8.78 Å². The van der Waals surface area contributed by atoms with Gasteiger partial charge in [0.15, 0.2) is 0 Å². The number of carbonyl (C=O) groups excluding carboxylic acids is 1. The number of alkyl halides is 2. The minimum atomic E-state index is -3.13. The highest BCUT2D eigenvalue weighted by molar-refractivity contribution is 5.66. The van der Waals surface area contributed by atoms with Crippen molar-refractivity contribution in [2.45, 2.75) is 45.8 Å². The van der Waals surface area contributed by atoms with E-state index in [9.17, 15) is 13.6 Å². The Balaban J connectivity index is 3.89. The first kappa shape index (κ1) is 13.3. The molecule has 0 aromatic rings. The van der Waals surface area contributed by atoms with Crippen molar-refractivity contribution in [2.75, 3.05) is 6.61 Å². The smallest absolute Gasteiger partial charge is 0.355 e. The summed E-state index contributed by atoms with van der Waals surface area (Å²) in [5.74, 6) is -0.486. The Hall–Kier alpha value is -0.710. The quantitative estimate of drug-likeness (QED) is 0.631. The highest BCUT2D eigenvalue weighted by Crippen LogP contribution is 2.20. The van der Waals surface area contributed by atoms with Crippen molar-refractivity contribution in [3.05, 3.63) is 0 Å². The normalized spacial score (nSPS) is 13.8. The summed E-state index contributed by atoms with van der Waals surface area (Å²) in [6, 6.07) is 0. The summed E-state index contributed by atoms with van der Waals surface area (Å²) in [4.78, 5) is 10.5. The third-order valence-electron chi connectivity index (χ3n) is 1.68. The Morgan fingerprint density at radius 2 is 2.00 bits per heavy atom. The number of hydrogen-bond donors (Lipinski definition) is 0. The van der Waals surface area contributed by atoms with Crippen molar-refractivity contribution in [1.29, 1.82) is 0 Å². The van der Waals surface area contributed by atoms with Gasteiger partial charge in [0.2, 0.25) is 0 Å². The van der Waals surface area contributed by atoms with Crippen LogP contribution in [0, 0.1) is 0 Å². The number of hydrogen-bond acceptors (Lipinski definition) is 3. The van der Waals surface area contributed by atoms with Crippen LogP contribution < -0.4 is 0 Å². The van der Waals surface area contributed by atoms with E-state index in [2.05, 4.69) is 4.74 Å². The van der Waals surface area contributed by atoms with Gasteiger partial charge >= 0.3 is 12.1 Å². The Kier molecular flexibility index (Phi) is 5.60. The molecule has 3 nitrogen and oxygen atoms in total. The predicted octanol–water partition coefficient (Wildman–Crippen LogP) is 2.35. The van der Waals surface area contributed by atoms with Gasteiger partial charge in [-0.25, -0.2) is 0 Å². The Morgan fingerprint density at radius 1 is 1.43 bits per heavy atom. The minimum Gasteiger partial charge on any atom is -0.460 e. The highest BCUT2D eigenvalue weighted by atomic mass is 19.3. The second-order valence-electron chi connectivity index (χ2n) is 2.94. The zero-order valence-electron chi connectivity index (χ0n) is 8.68. The Labute approximate surface area is 82.4 Å². The van der Waals surface area contributed by atoms with Crippen LogP contribution >= 0.6 is 0 Å². The van der Waals surface area contributed by atoms with Crippen molar-refractivity contribution in [1.82, 2.24) is 0 Å². The van der Waals surface area contributed by atoms with Crippen molar-refractivity contribution < 1.29 is 23.0 Å². The van der Waals surface area contributed by atoms with Crippen LogP contribution in [0.15, 0.2) is 0 Å². The zero-order valence-corrected chi connectivity index (χ0v) is 8.68. The maximum atomic E-state index is 12.6. The second kappa shape index (κ2) is 5.90. The van der Waals surface area contributed by atoms with E-state index in [-0.39, 0.29) is 13.0 Å². The van der Waals surface area contributed by atoms with E-state index >= 15 is 0 Å². The number of carbonyl (C=O) groups is 1. The summed E-state index contributed by atoms with van der Waals surface area (Å²) < 4.78 is 34.3. The van der Waals surface area contributed by atoms with Gasteiger partial charge < -0.3 is 9.47 Å². The lowest BCUT2D eigenvalue weighted by atomic mass is 10.3. The van der Waals surface area contributed by atoms with E-state index in [4.69, 9.17) is 4.74 Å². The van der Waals surface area contributed by atoms with Gasteiger partial charge in [-0.15, -0.1) is 0 Å². The molecular formula is C9H16F2O3. The van der Waals surface area contributed by atoms with Gasteiger partial charge in [0.25, 0.3) is 0 Å². The topological polar surface area (TPSA) is 35.5 Å². The van der Waals surface area contributed by atoms with Crippen LogP contribution in [0.25, 0.3) is 0 Å². The highest BCUT2D eigenvalue weighted by Gasteiger charge is 2.28. The molecule has 0 heterocycles. The molecule has 0 bridgehead atoms. The molecule has 1 unspecified atom stereocenters. The first-order valence-corrected chi connectivity index (χ1v) is 4.60. The van der Waals surface area contributed by atoms with E-state index in [0.717, 1.165) is 0 Å². The number of rotatable bonds is 6. The molecule has 84 valence electrons. The number of halogens is 2. The van der Waals surface area contributed by atoms with Crippen LogP contribution in [-0.2, 0) is 14.3 Å². The molecular weight excluding hydrogens is 194 g/mol. The minimum absolute atomic E-state index is 0.267. The standard InChI is InChI=1S/C9H16F2O3/c1-4-8(14-7(3)12)6-13-9(10,11)5-2/h8H,4-6H2,1-3H3. The summed E-state index contributed by atoms with van der Waals surface area (Å²) >= 11 is 0. The third-order valence-corrected chi connectivity index (χ3v) is 1.68. The number of ether oxygens (including phenoxy) is 2. The van der Waals surface area contributed by atoms with Gasteiger partial charge in [0.1, 0.15) is 6.10 Å². The fourth-order valence-corrected chi connectivity index (χ4v) is 0.787. The molecule has 14 heavy (non-hydrogen) atoms. The van der Waals surface area contributed by atoms with E-state index in [1.807, 2.05) is 0 Å². The first-order valence-electron chi connectivity index (χ1n) is 4.60. The summed E-state index contributed by atoms with van der Waals surface area (Å²) in [5, 5.41) is 0. The fourth-order valence-electron chi connectivity index (χ4n) is 0.787. The van der Waals surface area contributed by atoms with E-state index < -0.39 is 18.2 Å². The maximum Gasteiger partial charge on any atom is 0.355 e. The lowest BCUT2D eigenvalue weighted by Crippen LogP contribution is -2.28. The average molecular weight is 210 g/mol. The molecule has 0 aromatic carbocycles. The lowest BCUT2D eigenvalue weighted by Gasteiger charge is -2.19. The molecule has 0 aliphatic rings. The zero-order chi connectivity index (χ0) is 11.2. The molecule has 0 aliphatic carbocycles. The molecule has 5 heteroatoms. The van der Waals surface area contributed by atoms with E-state index in [1.165, 1.54) is 13.8 Å². The van der Waals surface area contributed by atoms with E-state index in [0.29, 0.717) is 6.42 Å². The van der Waals surface area contributed by atoms with Crippen LogP contribution in [-0.4, -0.2) is 24.8 Å². The second-order valence-corrected chi connectivity index (χ2v) is 2.94. The summed E-state index contributed by atoms with van der Waals surface area (Å²) in [6.07, 6.45) is -3.65. The molecule has 0 aromatic heterocycles. The maximum absolute atomic E-state index is 12.6. The molecule has 0 aliphatic heterocycles. The number of esters is 1. The largest absolute Gasteiger partial charge is 0.460 e. The molecule has 0 N–H and O–H groups in total. The lowest BCUT2D eigenvalue weighted by molar-refractivity contribution is -0.251. The average Bonchev–Trinajstić information content (AvgIpc) is 2.12.